The fraction of sp³-hybridized carbons (Fsp3) is 0.529. The largest absolute Gasteiger partial charge is 0.444 e. The Balaban J connectivity index is 2.03. The molecule has 0 saturated carbocycles. The van der Waals surface area contributed by atoms with Gasteiger partial charge in [0.2, 0.25) is 0 Å². The minimum absolute atomic E-state index is 0.0277. The highest BCUT2D eigenvalue weighted by atomic mass is 79.9. The number of primary amides is 1. The molecule has 25 heavy (non-hydrogen) atoms. The molecule has 0 aromatic heterocycles. The van der Waals surface area contributed by atoms with E-state index in [4.69, 9.17) is 10.5 Å². The van der Waals surface area contributed by atoms with Gasteiger partial charge in [0.05, 0.1) is 11.3 Å². The predicted octanol–water partition coefficient (Wildman–Crippen LogP) is 3.18. The molecule has 0 aliphatic carbocycles. The summed E-state index contributed by atoms with van der Waals surface area (Å²) in [5.41, 5.74) is 5.14. The Labute approximate surface area is 155 Å². The van der Waals surface area contributed by atoms with Crippen LogP contribution in [0.15, 0.2) is 16.6 Å². The summed E-state index contributed by atoms with van der Waals surface area (Å²) in [6, 6.07) is 2.88. The van der Waals surface area contributed by atoms with Crippen LogP contribution in [0.2, 0.25) is 0 Å². The zero-order valence-corrected chi connectivity index (χ0v) is 16.2. The quantitative estimate of drug-likeness (QED) is 0.793. The average molecular weight is 416 g/mol. The molecule has 8 heteroatoms. The molecule has 1 aliphatic rings. The molecule has 1 saturated heterocycles. The van der Waals surface area contributed by atoms with Crippen LogP contribution in [0.3, 0.4) is 0 Å². The third-order valence-electron chi connectivity index (χ3n) is 3.84. The Hall–Kier alpha value is -1.83. The second kappa shape index (κ2) is 7.59. The van der Waals surface area contributed by atoms with Crippen LogP contribution in [0.25, 0.3) is 0 Å². The van der Waals surface area contributed by atoms with Crippen LogP contribution in [0, 0.1) is 5.82 Å². The first-order chi connectivity index (χ1) is 11.6. The van der Waals surface area contributed by atoms with Gasteiger partial charge in [-0.25, -0.2) is 9.18 Å². The van der Waals surface area contributed by atoms with Gasteiger partial charge in [0, 0.05) is 23.6 Å². The summed E-state index contributed by atoms with van der Waals surface area (Å²) in [7, 11) is 0. The lowest BCUT2D eigenvalue weighted by Crippen LogP contribution is -2.46. The molecule has 2 rings (SSSR count). The lowest BCUT2D eigenvalue weighted by Gasteiger charge is -2.35. The highest BCUT2D eigenvalue weighted by Crippen LogP contribution is 2.30. The highest BCUT2D eigenvalue weighted by Gasteiger charge is 2.26. The van der Waals surface area contributed by atoms with Gasteiger partial charge < -0.3 is 20.7 Å². The van der Waals surface area contributed by atoms with Gasteiger partial charge in [0.25, 0.3) is 5.91 Å². The maximum Gasteiger partial charge on any atom is 0.407 e. The number of hydrogen-bond acceptors (Lipinski definition) is 4. The Morgan fingerprint density at radius 1 is 1.32 bits per heavy atom. The minimum Gasteiger partial charge on any atom is -0.444 e. The summed E-state index contributed by atoms with van der Waals surface area (Å²) >= 11 is 3.24. The van der Waals surface area contributed by atoms with E-state index in [-0.39, 0.29) is 11.6 Å². The first-order valence-electron chi connectivity index (χ1n) is 8.10. The van der Waals surface area contributed by atoms with E-state index in [1.54, 1.807) is 6.07 Å². The first kappa shape index (κ1) is 19.5. The van der Waals surface area contributed by atoms with Crippen LogP contribution in [0.1, 0.15) is 44.0 Å². The van der Waals surface area contributed by atoms with E-state index in [1.165, 1.54) is 6.07 Å². The molecule has 0 unspecified atom stereocenters. The second-order valence-corrected chi connectivity index (χ2v) is 7.97. The van der Waals surface area contributed by atoms with Gasteiger partial charge in [0.1, 0.15) is 11.4 Å². The molecule has 3 N–H and O–H groups in total. The van der Waals surface area contributed by atoms with E-state index in [1.807, 2.05) is 25.7 Å². The van der Waals surface area contributed by atoms with Crippen LogP contribution in [0.5, 0.6) is 0 Å². The Kier molecular flexibility index (Phi) is 5.92. The number of amides is 2. The number of benzene rings is 1. The summed E-state index contributed by atoms with van der Waals surface area (Å²) < 4.78 is 19.9. The number of rotatable bonds is 3. The molecule has 6 nitrogen and oxygen atoms in total. The average Bonchev–Trinajstić information content (AvgIpc) is 2.44. The molecule has 0 bridgehead atoms. The molecule has 0 spiro atoms. The molecule has 1 aromatic carbocycles. The number of hydrogen-bond donors (Lipinski definition) is 2. The van der Waals surface area contributed by atoms with Crippen LogP contribution in [-0.4, -0.2) is 36.7 Å². The van der Waals surface area contributed by atoms with Gasteiger partial charge in [0.15, 0.2) is 0 Å². The molecule has 0 radical (unpaired) electrons. The number of nitrogens with two attached hydrogens (primary N) is 1. The van der Waals surface area contributed by atoms with E-state index >= 15 is 0 Å². The molecule has 1 aliphatic heterocycles. The SMILES string of the molecule is CC(C)(C)OC(=O)NC1CCN(c2cc(Br)cc(F)c2C(N)=O)CC1. The van der Waals surface area contributed by atoms with E-state index in [2.05, 4.69) is 21.2 Å². The Morgan fingerprint density at radius 3 is 2.44 bits per heavy atom. The highest BCUT2D eigenvalue weighted by molar-refractivity contribution is 9.10. The molecule has 2 amide bonds. The smallest absolute Gasteiger partial charge is 0.407 e. The van der Waals surface area contributed by atoms with Crippen molar-refractivity contribution in [2.45, 2.75) is 45.3 Å². The van der Waals surface area contributed by atoms with Crippen LogP contribution < -0.4 is 16.0 Å². The topological polar surface area (TPSA) is 84.7 Å². The van der Waals surface area contributed by atoms with Gasteiger partial charge in [-0.05, 0) is 45.7 Å². The maximum atomic E-state index is 14.1. The van der Waals surface area contributed by atoms with Crippen molar-refractivity contribution in [1.29, 1.82) is 0 Å². The summed E-state index contributed by atoms with van der Waals surface area (Å²) in [4.78, 5) is 25.4. The van der Waals surface area contributed by atoms with E-state index in [9.17, 15) is 14.0 Å². The zero-order chi connectivity index (χ0) is 18.8. The van der Waals surface area contributed by atoms with Gasteiger partial charge >= 0.3 is 6.09 Å². The number of halogens is 2. The lowest BCUT2D eigenvalue weighted by atomic mass is 10.0. The Morgan fingerprint density at radius 2 is 1.92 bits per heavy atom. The van der Waals surface area contributed by atoms with Crippen molar-refractivity contribution in [3.05, 3.63) is 28.0 Å². The van der Waals surface area contributed by atoms with Crippen LogP contribution >= 0.6 is 15.9 Å². The second-order valence-electron chi connectivity index (χ2n) is 7.05. The number of ether oxygens (including phenoxy) is 1. The van der Waals surface area contributed by atoms with Crippen molar-refractivity contribution in [2.75, 3.05) is 18.0 Å². The number of nitrogens with zero attached hydrogens (tertiary/aromatic N) is 1. The molecule has 0 atom stereocenters. The Bertz CT molecular complexity index is 668. The van der Waals surface area contributed by atoms with Gasteiger partial charge in [-0.2, -0.15) is 0 Å². The third-order valence-corrected chi connectivity index (χ3v) is 4.29. The molecule has 1 heterocycles. The summed E-state index contributed by atoms with van der Waals surface area (Å²) in [5.74, 6) is -1.44. The number of carbonyl (C=O) groups is 2. The molecule has 1 fully saturated rings. The van der Waals surface area contributed by atoms with Crippen molar-refractivity contribution >= 4 is 33.6 Å². The number of carbonyl (C=O) groups excluding carboxylic acids is 2. The van der Waals surface area contributed by atoms with E-state index in [0.29, 0.717) is 36.1 Å². The zero-order valence-electron chi connectivity index (χ0n) is 14.6. The van der Waals surface area contributed by atoms with Crippen LogP contribution in [-0.2, 0) is 4.74 Å². The lowest BCUT2D eigenvalue weighted by molar-refractivity contribution is 0.0497. The van der Waals surface area contributed by atoms with E-state index < -0.39 is 23.4 Å². The first-order valence-corrected chi connectivity index (χ1v) is 8.89. The molecular formula is C17H23BrFN3O3. The standard InChI is InChI=1S/C17H23BrFN3O3/c1-17(2,3)25-16(24)21-11-4-6-22(7-5-11)13-9-10(18)8-12(19)14(13)15(20)23/h8-9,11H,4-7H2,1-3H3,(H2,20,23)(H,21,24). The van der Waals surface area contributed by atoms with Crippen molar-refractivity contribution in [1.82, 2.24) is 5.32 Å². The van der Waals surface area contributed by atoms with Crippen molar-refractivity contribution < 1.29 is 18.7 Å². The van der Waals surface area contributed by atoms with Gasteiger partial charge in [-0.1, -0.05) is 15.9 Å². The van der Waals surface area contributed by atoms with Crippen molar-refractivity contribution in [3.8, 4) is 0 Å². The van der Waals surface area contributed by atoms with Crippen molar-refractivity contribution in [3.63, 3.8) is 0 Å². The van der Waals surface area contributed by atoms with Gasteiger partial charge in [-0.15, -0.1) is 0 Å². The molecule has 138 valence electrons. The summed E-state index contributed by atoms with van der Waals surface area (Å²) in [6.07, 6.45) is 0.870. The number of piperidine rings is 1. The predicted molar refractivity (Wildman–Crippen MR) is 97.2 cm³/mol. The number of nitrogens with one attached hydrogen (secondary N) is 1. The minimum atomic E-state index is -0.797. The van der Waals surface area contributed by atoms with E-state index in [0.717, 1.165) is 0 Å². The van der Waals surface area contributed by atoms with Gasteiger partial charge in [-0.3, -0.25) is 4.79 Å². The summed E-state index contributed by atoms with van der Waals surface area (Å²) in [6.45, 7) is 6.56. The third kappa shape index (κ3) is 5.32. The number of anilines is 1. The normalized spacial score (nSPS) is 15.8. The molecule has 1 aromatic rings. The molecular weight excluding hydrogens is 393 g/mol. The monoisotopic (exact) mass is 415 g/mol. The fourth-order valence-corrected chi connectivity index (χ4v) is 3.21. The van der Waals surface area contributed by atoms with Crippen molar-refractivity contribution in [2.24, 2.45) is 5.73 Å². The number of alkyl carbamates (subject to hydrolysis) is 1. The van der Waals surface area contributed by atoms with Crippen LogP contribution in [0.4, 0.5) is 14.9 Å². The maximum absolute atomic E-state index is 14.1. The fourth-order valence-electron chi connectivity index (χ4n) is 2.79. The summed E-state index contributed by atoms with van der Waals surface area (Å²) in [5, 5.41) is 2.84.